The van der Waals surface area contributed by atoms with E-state index in [0.717, 1.165) is 35.1 Å². The number of amides is 1. The molecule has 4 nitrogen and oxygen atoms in total. The van der Waals surface area contributed by atoms with Crippen molar-refractivity contribution in [1.29, 1.82) is 0 Å². The van der Waals surface area contributed by atoms with E-state index in [9.17, 15) is 49.4 Å². The summed E-state index contributed by atoms with van der Waals surface area (Å²) in [4.78, 5) is 14.0. The second-order valence-corrected chi connectivity index (χ2v) is 12.4. The predicted molar refractivity (Wildman–Crippen MR) is 171 cm³/mol. The lowest BCUT2D eigenvalue weighted by molar-refractivity contribution is -0.137. The zero-order valence-electron chi connectivity index (χ0n) is 27.2. The van der Waals surface area contributed by atoms with E-state index in [4.69, 9.17) is 16.3 Å². The summed E-state index contributed by atoms with van der Waals surface area (Å²) in [6.07, 6.45) is -18.7. The Kier molecular flexibility index (Phi) is 11.4. The Labute approximate surface area is 287 Å². The van der Waals surface area contributed by atoms with Gasteiger partial charge in [0.2, 0.25) is 0 Å². The number of alkyl halides is 9. The monoisotopic (exact) mass is 733 g/mol. The molecule has 1 aliphatic rings. The molecule has 3 unspecified atom stereocenters. The van der Waals surface area contributed by atoms with Gasteiger partial charge >= 0.3 is 24.6 Å². The molecule has 14 heteroatoms. The Balaban J connectivity index is 1.72. The number of carbonyl (C=O) groups is 1. The minimum atomic E-state index is -5.14. The highest BCUT2D eigenvalue weighted by Gasteiger charge is 2.41. The molecule has 1 heterocycles. The predicted octanol–water partition coefficient (Wildman–Crippen LogP) is 11.5. The lowest BCUT2D eigenvalue weighted by Crippen LogP contribution is -2.33. The fraction of sp³-hybridized carbons (Fsp3) is 0.361. The molecule has 0 aliphatic carbocycles. The number of carbonyl (C=O) groups excluding carboxylic acids is 1. The Morgan fingerprint density at radius 2 is 1.60 bits per heavy atom. The number of hydrogen-bond donors (Lipinski definition) is 1. The molecule has 0 saturated carbocycles. The van der Waals surface area contributed by atoms with E-state index < -0.39 is 79.0 Å². The highest BCUT2D eigenvalue weighted by Crippen LogP contribution is 2.40. The number of hydrogen-bond acceptors (Lipinski definition) is 3. The Bertz CT molecular complexity index is 1790. The van der Waals surface area contributed by atoms with Gasteiger partial charge in [0, 0.05) is 22.6 Å². The van der Waals surface area contributed by atoms with Gasteiger partial charge in [0.15, 0.2) is 0 Å². The van der Waals surface area contributed by atoms with Crippen LogP contribution in [0.1, 0.15) is 62.0 Å². The summed E-state index contributed by atoms with van der Waals surface area (Å²) >= 11 is 6.57. The van der Waals surface area contributed by atoms with Gasteiger partial charge < -0.3 is 9.84 Å². The molecule has 270 valence electrons. The van der Waals surface area contributed by atoms with Crippen LogP contribution >= 0.6 is 11.6 Å². The van der Waals surface area contributed by atoms with Crippen molar-refractivity contribution in [2.75, 3.05) is 0 Å². The molecule has 3 aromatic carbocycles. The molecular formula is C36H33ClF9NO3. The number of aliphatic hydroxyl groups excluding tert-OH is 1. The summed E-state index contributed by atoms with van der Waals surface area (Å²) in [5.41, 5.74) is -0.470. The normalized spacial score (nSPS) is 18.5. The molecule has 3 aromatic rings. The van der Waals surface area contributed by atoms with Crippen molar-refractivity contribution in [1.82, 2.24) is 4.90 Å². The SMILES string of the molecule is CC/C(=C\C(=C/CC1OC(=O)N(Cc2cc(C(F)(F)F)ccc2-c2cc(-c3ccc(C(C)O)cc3C)ccc2Cl)C1C)C(F)(F)F)C(F)(F)F. The van der Waals surface area contributed by atoms with E-state index in [1.54, 1.807) is 43.3 Å². The fourth-order valence-electron chi connectivity index (χ4n) is 5.70. The van der Waals surface area contributed by atoms with Crippen molar-refractivity contribution >= 4 is 17.7 Å². The molecule has 0 bridgehead atoms. The zero-order valence-corrected chi connectivity index (χ0v) is 28.0. The van der Waals surface area contributed by atoms with E-state index in [1.807, 2.05) is 6.92 Å². The van der Waals surface area contributed by atoms with E-state index >= 15 is 0 Å². The molecular weight excluding hydrogens is 701 g/mol. The van der Waals surface area contributed by atoms with Gasteiger partial charge in [-0.25, -0.2) is 4.79 Å². The average Bonchev–Trinajstić information content (AvgIpc) is 3.27. The molecule has 1 fully saturated rings. The first-order valence-electron chi connectivity index (χ1n) is 15.4. The van der Waals surface area contributed by atoms with E-state index in [1.165, 1.54) is 13.0 Å². The quantitative estimate of drug-likeness (QED) is 0.176. The molecule has 0 radical (unpaired) electrons. The molecule has 3 atom stereocenters. The number of allylic oxidation sites excluding steroid dienone is 3. The summed E-state index contributed by atoms with van der Waals surface area (Å²) < 4.78 is 128. The van der Waals surface area contributed by atoms with Gasteiger partial charge in [-0.3, -0.25) is 4.90 Å². The number of ether oxygens (including phenoxy) is 1. The van der Waals surface area contributed by atoms with Crippen LogP contribution in [0.4, 0.5) is 44.3 Å². The van der Waals surface area contributed by atoms with Crippen LogP contribution < -0.4 is 0 Å². The largest absolute Gasteiger partial charge is 0.444 e. The number of aliphatic hydroxyl groups is 1. The first-order valence-corrected chi connectivity index (χ1v) is 15.8. The van der Waals surface area contributed by atoms with Crippen molar-refractivity contribution < 1.29 is 54.2 Å². The molecule has 1 amide bonds. The third-order valence-electron chi connectivity index (χ3n) is 8.56. The summed E-state index contributed by atoms with van der Waals surface area (Å²) in [7, 11) is 0. The van der Waals surface area contributed by atoms with Gasteiger partial charge in [-0.05, 0) is 90.9 Å². The van der Waals surface area contributed by atoms with Crippen LogP contribution in [0.5, 0.6) is 0 Å². The smallest absolute Gasteiger partial charge is 0.416 e. The summed E-state index contributed by atoms with van der Waals surface area (Å²) in [5, 5.41) is 10.1. The van der Waals surface area contributed by atoms with Crippen LogP contribution in [-0.4, -0.2) is 40.6 Å². The Morgan fingerprint density at radius 3 is 2.16 bits per heavy atom. The van der Waals surface area contributed by atoms with Gasteiger partial charge in [-0.2, -0.15) is 39.5 Å². The maximum Gasteiger partial charge on any atom is 0.416 e. The maximum atomic E-state index is 13.9. The fourth-order valence-corrected chi connectivity index (χ4v) is 5.92. The van der Waals surface area contributed by atoms with Gasteiger partial charge in [-0.15, -0.1) is 0 Å². The molecule has 1 aliphatic heterocycles. The topological polar surface area (TPSA) is 49.8 Å². The highest BCUT2D eigenvalue weighted by atomic mass is 35.5. The lowest BCUT2D eigenvalue weighted by atomic mass is 9.92. The van der Waals surface area contributed by atoms with Crippen LogP contribution in [0.15, 0.2) is 77.9 Å². The van der Waals surface area contributed by atoms with Crippen molar-refractivity contribution in [2.45, 2.75) is 83.9 Å². The van der Waals surface area contributed by atoms with Crippen LogP contribution in [0.3, 0.4) is 0 Å². The van der Waals surface area contributed by atoms with E-state index in [-0.39, 0.29) is 22.2 Å². The summed E-state index contributed by atoms with van der Waals surface area (Å²) in [5.74, 6) is 0. The van der Waals surface area contributed by atoms with Gasteiger partial charge in [0.05, 0.1) is 29.8 Å². The van der Waals surface area contributed by atoms with Crippen molar-refractivity contribution in [3.8, 4) is 22.3 Å². The molecule has 0 spiro atoms. The third kappa shape index (κ3) is 8.84. The third-order valence-corrected chi connectivity index (χ3v) is 8.89. The van der Waals surface area contributed by atoms with E-state index in [2.05, 4.69) is 0 Å². The molecule has 1 N–H and O–H groups in total. The second-order valence-electron chi connectivity index (χ2n) is 12.0. The van der Waals surface area contributed by atoms with Crippen molar-refractivity contribution in [3.63, 3.8) is 0 Å². The van der Waals surface area contributed by atoms with Crippen LogP contribution in [-0.2, 0) is 17.5 Å². The van der Waals surface area contributed by atoms with E-state index in [0.29, 0.717) is 22.8 Å². The molecule has 0 aromatic heterocycles. The zero-order chi connectivity index (χ0) is 37.3. The van der Waals surface area contributed by atoms with Crippen molar-refractivity contribution in [2.24, 2.45) is 0 Å². The average molecular weight is 734 g/mol. The summed E-state index contributed by atoms with van der Waals surface area (Å²) in [6.45, 7) is 5.48. The molecule has 50 heavy (non-hydrogen) atoms. The number of benzene rings is 3. The minimum absolute atomic E-state index is 0.00891. The maximum absolute atomic E-state index is 13.9. The van der Waals surface area contributed by atoms with Gasteiger partial charge in [0.25, 0.3) is 0 Å². The number of rotatable bonds is 9. The van der Waals surface area contributed by atoms with Crippen molar-refractivity contribution in [3.05, 3.63) is 105 Å². The number of nitrogens with zero attached hydrogens (tertiary/aromatic N) is 1. The van der Waals surface area contributed by atoms with Gasteiger partial charge in [0.1, 0.15) is 6.10 Å². The molecule has 1 saturated heterocycles. The number of aryl methyl sites for hydroxylation is 1. The molecule has 4 rings (SSSR count). The standard InChI is InChI=1S/C36H33ClF9NO3/c1-5-25(34(38,39)40)17-27(36(44,45)46)9-13-32-20(3)47(33(49)50-32)18-24-15-26(35(41,42)43)8-11-29(24)30-16-23(7-12-31(30)37)28-10-6-22(21(4)48)14-19(28)2/h6-12,14-17,20-21,32,48H,5,13,18H2,1-4H3/b25-17+,27-9+. The first-order chi connectivity index (χ1) is 23.1. The Hall–Kier alpha value is -3.97. The van der Waals surface area contributed by atoms with Crippen LogP contribution in [0, 0.1) is 6.92 Å². The lowest BCUT2D eigenvalue weighted by Gasteiger charge is -2.23. The van der Waals surface area contributed by atoms with Crippen LogP contribution in [0.25, 0.3) is 22.3 Å². The number of cyclic esters (lactones) is 1. The first kappa shape index (κ1) is 38.8. The second kappa shape index (κ2) is 14.7. The summed E-state index contributed by atoms with van der Waals surface area (Å²) in [6, 6.07) is 12.3. The van der Waals surface area contributed by atoms with Crippen LogP contribution in [0.2, 0.25) is 5.02 Å². The minimum Gasteiger partial charge on any atom is -0.444 e. The van der Waals surface area contributed by atoms with Gasteiger partial charge in [-0.1, -0.05) is 54.9 Å². The highest BCUT2D eigenvalue weighted by molar-refractivity contribution is 6.33. The number of halogens is 10. The Morgan fingerprint density at radius 1 is 0.940 bits per heavy atom.